The van der Waals surface area contributed by atoms with Gasteiger partial charge in [-0.2, -0.15) is 16.9 Å². The highest BCUT2D eigenvalue weighted by Crippen LogP contribution is 2.29. The Morgan fingerprint density at radius 1 is 0.900 bits per heavy atom. The lowest BCUT2D eigenvalue weighted by Crippen LogP contribution is -2.17. The zero-order valence-electron chi connectivity index (χ0n) is 17.0. The summed E-state index contributed by atoms with van der Waals surface area (Å²) in [5, 5.41) is 4.04. The van der Waals surface area contributed by atoms with Crippen LogP contribution in [0.2, 0.25) is 0 Å². The molecule has 0 fully saturated rings. The Bertz CT molecular complexity index is 989. The van der Waals surface area contributed by atoms with E-state index in [1.54, 1.807) is 20.3 Å². The molecule has 0 heterocycles. The standard InChI is InChI=1S/C24H24N2O3S/c1-28-22-10-6-9-21(23(22)29-2)15-25-26-24(27)20-13-11-19(12-14-20)17-30-16-18-7-4-3-5-8-18/h3-15H,16-17H2,1-2H3,(H,26,27)/b25-15-. The summed E-state index contributed by atoms with van der Waals surface area (Å²) in [6.07, 6.45) is 1.54. The lowest BCUT2D eigenvalue weighted by molar-refractivity contribution is 0.0955. The van der Waals surface area contributed by atoms with E-state index in [1.807, 2.05) is 54.2 Å². The molecule has 3 aromatic rings. The van der Waals surface area contributed by atoms with Crippen LogP contribution in [-0.4, -0.2) is 26.3 Å². The first-order chi connectivity index (χ1) is 14.7. The van der Waals surface area contributed by atoms with Crippen LogP contribution in [0, 0.1) is 0 Å². The number of nitrogens with zero attached hydrogens (tertiary/aromatic N) is 1. The second-order valence-electron chi connectivity index (χ2n) is 6.46. The number of amides is 1. The third kappa shape index (κ3) is 5.87. The van der Waals surface area contributed by atoms with Gasteiger partial charge in [-0.25, -0.2) is 5.43 Å². The minimum atomic E-state index is -0.267. The van der Waals surface area contributed by atoms with Crippen LogP contribution in [0.1, 0.15) is 27.0 Å². The Kier molecular flexibility index (Phi) is 7.92. The van der Waals surface area contributed by atoms with Gasteiger partial charge in [0, 0.05) is 22.6 Å². The fraction of sp³-hybridized carbons (Fsp3) is 0.167. The zero-order chi connectivity index (χ0) is 21.2. The fourth-order valence-corrected chi connectivity index (χ4v) is 3.81. The average Bonchev–Trinajstić information content (AvgIpc) is 2.80. The highest BCUT2D eigenvalue weighted by molar-refractivity contribution is 7.97. The molecule has 30 heavy (non-hydrogen) atoms. The molecule has 0 saturated carbocycles. The molecule has 0 saturated heterocycles. The molecule has 0 aromatic heterocycles. The number of ether oxygens (including phenoxy) is 2. The van der Waals surface area contributed by atoms with Gasteiger partial charge < -0.3 is 9.47 Å². The van der Waals surface area contributed by atoms with Crippen molar-refractivity contribution in [1.82, 2.24) is 5.43 Å². The first-order valence-corrected chi connectivity index (χ1v) is 10.6. The van der Waals surface area contributed by atoms with Crippen LogP contribution in [0.3, 0.4) is 0 Å². The number of carbonyl (C=O) groups is 1. The molecular formula is C24H24N2O3S. The topological polar surface area (TPSA) is 59.9 Å². The van der Waals surface area contributed by atoms with Gasteiger partial charge in [-0.05, 0) is 35.4 Å². The predicted molar refractivity (Wildman–Crippen MR) is 122 cm³/mol. The van der Waals surface area contributed by atoms with Crippen LogP contribution < -0.4 is 14.9 Å². The number of para-hydroxylation sites is 1. The molecule has 1 N–H and O–H groups in total. The average molecular weight is 421 g/mol. The molecule has 0 atom stereocenters. The maximum absolute atomic E-state index is 12.3. The molecule has 0 aliphatic heterocycles. The Morgan fingerprint density at radius 2 is 1.60 bits per heavy atom. The Morgan fingerprint density at radius 3 is 2.27 bits per heavy atom. The van der Waals surface area contributed by atoms with Crippen molar-refractivity contribution in [2.45, 2.75) is 11.5 Å². The number of hydrogen-bond donors (Lipinski definition) is 1. The van der Waals surface area contributed by atoms with E-state index in [-0.39, 0.29) is 5.91 Å². The van der Waals surface area contributed by atoms with Gasteiger partial charge in [0.2, 0.25) is 0 Å². The van der Waals surface area contributed by atoms with E-state index in [0.717, 1.165) is 11.5 Å². The fourth-order valence-electron chi connectivity index (χ4n) is 2.85. The SMILES string of the molecule is COc1cccc(/C=N\NC(=O)c2ccc(CSCc3ccccc3)cc2)c1OC. The molecule has 3 aromatic carbocycles. The molecule has 0 unspecified atom stereocenters. The minimum absolute atomic E-state index is 0.267. The number of hydrogen-bond acceptors (Lipinski definition) is 5. The van der Waals surface area contributed by atoms with Crippen LogP contribution in [0.25, 0.3) is 0 Å². The highest BCUT2D eigenvalue weighted by Gasteiger charge is 2.08. The van der Waals surface area contributed by atoms with Gasteiger partial charge in [-0.15, -0.1) is 0 Å². The van der Waals surface area contributed by atoms with Gasteiger partial charge >= 0.3 is 0 Å². The van der Waals surface area contributed by atoms with Crippen molar-refractivity contribution in [1.29, 1.82) is 0 Å². The van der Waals surface area contributed by atoms with E-state index >= 15 is 0 Å². The maximum Gasteiger partial charge on any atom is 0.271 e. The summed E-state index contributed by atoms with van der Waals surface area (Å²) in [5.74, 6) is 2.76. The van der Waals surface area contributed by atoms with Gasteiger partial charge in [0.1, 0.15) is 0 Å². The molecule has 154 valence electrons. The van der Waals surface area contributed by atoms with Crippen molar-refractivity contribution in [2.24, 2.45) is 5.10 Å². The largest absolute Gasteiger partial charge is 0.493 e. The summed E-state index contributed by atoms with van der Waals surface area (Å²) in [4.78, 5) is 12.3. The van der Waals surface area contributed by atoms with Gasteiger partial charge in [0.15, 0.2) is 11.5 Å². The number of nitrogens with one attached hydrogen (secondary N) is 1. The molecule has 0 aliphatic carbocycles. The van der Waals surface area contributed by atoms with E-state index in [4.69, 9.17) is 9.47 Å². The van der Waals surface area contributed by atoms with E-state index < -0.39 is 0 Å². The smallest absolute Gasteiger partial charge is 0.271 e. The summed E-state index contributed by atoms with van der Waals surface area (Å²) in [6, 6.07) is 23.4. The van der Waals surface area contributed by atoms with Gasteiger partial charge in [-0.3, -0.25) is 4.79 Å². The van der Waals surface area contributed by atoms with E-state index in [0.29, 0.717) is 22.6 Å². The zero-order valence-corrected chi connectivity index (χ0v) is 17.8. The molecule has 5 nitrogen and oxygen atoms in total. The first kappa shape index (κ1) is 21.5. The van der Waals surface area contributed by atoms with E-state index in [2.05, 4.69) is 34.8 Å². The quantitative estimate of drug-likeness (QED) is 0.395. The summed E-state index contributed by atoms with van der Waals surface area (Å²) < 4.78 is 10.6. The second kappa shape index (κ2) is 11.1. The van der Waals surface area contributed by atoms with Crippen molar-refractivity contribution >= 4 is 23.9 Å². The van der Waals surface area contributed by atoms with Gasteiger partial charge in [0.05, 0.1) is 20.4 Å². The monoisotopic (exact) mass is 420 g/mol. The summed E-state index contributed by atoms with van der Waals surface area (Å²) >= 11 is 1.85. The van der Waals surface area contributed by atoms with Crippen LogP contribution in [0.15, 0.2) is 77.9 Å². The molecule has 3 rings (SSSR count). The van der Waals surface area contributed by atoms with Crippen molar-refractivity contribution in [2.75, 3.05) is 14.2 Å². The molecule has 0 bridgehead atoms. The maximum atomic E-state index is 12.3. The second-order valence-corrected chi connectivity index (χ2v) is 7.44. The third-order valence-electron chi connectivity index (χ3n) is 4.40. The number of benzene rings is 3. The van der Waals surface area contributed by atoms with E-state index in [1.165, 1.54) is 17.3 Å². The number of carbonyl (C=O) groups excluding carboxylic acids is 1. The van der Waals surface area contributed by atoms with Crippen molar-refractivity contribution in [3.8, 4) is 11.5 Å². The van der Waals surface area contributed by atoms with Crippen LogP contribution in [0.5, 0.6) is 11.5 Å². The molecule has 0 spiro atoms. The number of methoxy groups -OCH3 is 2. The molecule has 1 amide bonds. The van der Waals surface area contributed by atoms with Crippen LogP contribution >= 0.6 is 11.8 Å². The first-order valence-electron chi connectivity index (χ1n) is 9.46. The lowest BCUT2D eigenvalue weighted by Gasteiger charge is -2.09. The number of rotatable bonds is 9. The van der Waals surface area contributed by atoms with Crippen molar-refractivity contribution in [3.05, 3.63) is 95.1 Å². The summed E-state index contributed by atoms with van der Waals surface area (Å²) in [6.45, 7) is 0. The third-order valence-corrected chi connectivity index (χ3v) is 5.47. The number of thioether (sulfide) groups is 1. The van der Waals surface area contributed by atoms with Crippen molar-refractivity contribution in [3.63, 3.8) is 0 Å². The Labute approximate surface area is 181 Å². The Hall–Kier alpha value is -3.25. The predicted octanol–water partition coefficient (Wildman–Crippen LogP) is 4.90. The molecule has 0 aliphatic rings. The highest BCUT2D eigenvalue weighted by atomic mass is 32.2. The van der Waals surface area contributed by atoms with Crippen LogP contribution in [0.4, 0.5) is 0 Å². The minimum Gasteiger partial charge on any atom is -0.493 e. The lowest BCUT2D eigenvalue weighted by atomic mass is 10.1. The van der Waals surface area contributed by atoms with Crippen LogP contribution in [-0.2, 0) is 11.5 Å². The summed E-state index contributed by atoms with van der Waals surface area (Å²) in [5.41, 5.74) is 6.30. The van der Waals surface area contributed by atoms with Crippen molar-refractivity contribution < 1.29 is 14.3 Å². The molecule has 6 heteroatoms. The Balaban J connectivity index is 1.53. The number of hydrazone groups is 1. The van der Waals surface area contributed by atoms with Gasteiger partial charge in [0.25, 0.3) is 5.91 Å². The summed E-state index contributed by atoms with van der Waals surface area (Å²) in [7, 11) is 3.14. The normalized spacial score (nSPS) is 10.7. The molecule has 0 radical (unpaired) electrons. The van der Waals surface area contributed by atoms with E-state index in [9.17, 15) is 4.79 Å². The molecular weight excluding hydrogens is 396 g/mol. The van der Waals surface area contributed by atoms with Gasteiger partial charge in [-0.1, -0.05) is 48.5 Å².